The normalized spacial score (nSPS) is 11.2. The lowest BCUT2D eigenvalue weighted by Gasteiger charge is -2.09. The van der Waals surface area contributed by atoms with Crippen molar-refractivity contribution in [3.8, 4) is 22.8 Å². The molecule has 0 fully saturated rings. The fraction of sp³-hybridized carbons (Fsp3) is 0.0455. The number of aromatic nitrogens is 4. The summed E-state index contributed by atoms with van der Waals surface area (Å²) in [5.74, 6) is 1.14. The molecule has 136 valence electrons. The van der Waals surface area contributed by atoms with Crippen LogP contribution >= 0.6 is 0 Å². The molecule has 0 radical (unpaired) electrons. The summed E-state index contributed by atoms with van der Waals surface area (Å²) in [6.45, 7) is 0. The smallest absolute Gasteiger partial charge is 0.199 e. The van der Waals surface area contributed by atoms with E-state index in [9.17, 15) is 4.39 Å². The minimum atomic E-state index is -0.296. The van der Waals surface area contributed by atoms with Crippen LogP contribution in [0.4, 0.5) is 4.39 Å². The number of fused-ring (bicyclic) bond motifs is 2. The maximum Gasteiger partial charge on any atom is 0.199 e. The first-order valence-electron chi connectivity index (χ1n) is 8.78. The molecule has 2 heterocycles. The van der Waals surface area contributed by atoms with Crippen molar-refractivity contribution in [2.75, 3.05) is 7.11 Å². The molecule has 0 spiro atoms. The average Bonchev–Trinajstić information content (AvgIpc) is 3.11. The summed E-state index contributed by atoms with van der Waals surface area (Å²) in [6, 6.07) is 21.5. The maximum atomic E-state index is 13.5. The summed E-state index contributed by atoms with van der Waals surface area (Å²) in [7, 11) is 1.63. The van der Waals surface area contributed by atoms with Crippen molar-refractivity contribution >= 4 is 22.3 Å². The molecule has 0 aliphatic carbocycles. The van der Waals surface area contributed by atoms with Gasteiger partial charge in [0, 0.05) is 11.3 Å². The summed E-state index contributed by atoms with van der Waals surface area (Å²) < 4.78 is 20.6. The van der Waals surface area contributed by atoms with Crippen molar-refractivity contribution in [1.82, 2.24) is 19.5 Å². The zero-order chi connectivity index (χ0) is 19.1. The van der Waals surface area contributed by atoms with Crippen LogP contribution in [0.2, 0.25) is 0 Å². The van der Waals surface area contributed by atoms with Crippen LogP contribution in [-0.2, 0) is 0 Å². The topological polar surface area (TPSA) is 52.8 Å². The second-order valence-electron chi connectivity index (χ2n) is 6.34. The van der Waals surface area contributed by atoms with Crippen molar-refractivity contribution in [3.63, 3.8) is 0 Å². The Morgan fingerprint density at radius 3 is 2.14 bits per heavy atom. The largest absolute Gasteiger partial charge is 0.497 e. The zero-order valence-electron chi connectivity index (χ0n) is 15.0. The molecular weight excluding hydrogens is 355 g/mol. The second kappa shape index (κ2) is 6.42. The lowest BCUT2D eigenvalue weighted by atomic mass is 10.2. The molecule has 3 aromatic carbocycles. The van der Waals surface area contributed by atoms with Gasteiger partial charge in [0.05, 0.1) is 18.1 Å². The summed E-state index contributed by atoms with van der Waals surface area (Å²) in [4.78, 5) is 14.2. The van der Waals surface area contributed by atoms with Crippen molar-refractivity contribution in [1.29, 1.82) is 0 Å². The molecule has 2 aromatic heterocycles. The van der Waals surface area contributed by atoms with Crippen LogP contribution in [0.25, 0.3) is 39.4 Å². The Balaban J connectivity index is 1.82. The van der Waals surface area contributed by atoms with Crippen molar-refractivity contribution in [2.45, 2.75) is 0 Å². The molecule has 0 unspecified atom stereocenters. The van der Waals surface area contributed by atoms with E-state index < -0.39 is 0 Å². The molecule has 0 bridgehead atoms. The van der Waals surface area contributed by atoms with E-state index in [-0.39, 0.29) is 5.82 Å². The lowest BCUT2D eigenvalue weighted by Crippen LogP contribution is -1.99. The zero-order valence-corrected chi connectivity index (χ0v) is 15.0. The molecule has 28 heavy (non-hydrogen) atoms. The van der Waals surface area contributed by atoms with Gasteiger partial charge >= 0.3 is 0 Å². The first-order chi connectivity index (χ1) is 13.7. The number of methoxy groups -OCH3 is 1. The van der Waals surface area contributed by atoms with Crippen LogP contribution in [0, 0.1) is 5.82 Å². The van der Waals surface area contributed by atoms with E-state index in [1.807, 2.05) is 53.1 Å². The monoisotopic (exact) mass is 370 g/mol. The highest BCUT2D eigenvalue weighted by Gasteiger charge is 2.17. The Hall–Kier alpha value is -3.80. The third-order valence-electron chi connectivity index (χ3n) is 4.60. The molecular formula is C22H15FN4O. The van der Waals surface area contributed by atoms with Gasteiger partial charge in [0.25, 0.3) is 0 Å². The predicted molar refractivity (Wildman–Crippen MR) is 106 cm³/mol. The highest BCUT2D eigenvalue weighted by Crippen LogP contribution is 2.29. The average molecular weight is 370 g/mol. The van der Waals surface area contributed by atoms with Gasteiger partial charge in [-0.05, 0) is 60.7 Å². The second-order valence-corrected chi connectivity index (χ2v) is 6.34. The predicted octanol–water partition coefficient (Wildman–Crippen LogP) is 4.78. The minimum absolute atomic E-state index is 0.296. The number of hydrogen-bond acceptors (Lipinski definition) is 4. The van der Waals surface area contributed by atoms with Gasteiger partial charge in [-0.2, -0.15) is 0 Å². The van der Waals surface area contributed by atoms with Gasteiger partial charge in [-0.25, -0.2) is 19.3 Å². The van der Waals surface area contributed by atoms with Crippen LogP contribution in [0.5, 0.6) is 5.75 Å². The van der Waals surface area contributed by atoms with Crippen molar-refractivity contribution in [3.05, 3.63) is 78.6 Å². The first kappa shape index (κ1) is 16.4. The quantitative estimate of drug-likeness (QED) is 0.458. The van der Waals surface area contributed by atoms with Gasteiger partial charge < -0.3 is 4.74 Å². The van der Waals surface area contributed by atoms with Gasteiger partial charge in [-0.3, -0.25) is 4.57 Å². The standard InChI is InChI=1S/C22H15FN4O/c1-28-17-12-6-14(7-13-17)21-26-20-22(25-19-5-3-2-4-18(19)24-20)27(21)16-10-8-15(23)9-11-16/h2-13H,1H3. The third kappa shape index (κ3) is 2.66. The Labute approximate surface area is 160 Å². The number of nitrogens with zero attached hydrogens (tertiary/aromatic N) is 4. The van der Waals surface area contributed by atoms with Crippen LogP contribution in [0.3, 0.4) is 0 Å². The number of rotatable bonds is 3. The molecule has 5 aromatic rings. The van der Waals surface area contributed by atoms with E-state index in [1.54, 1.807) is 19.2 Å². The van der Waals surface area contributed by atoms with E-state index in [0.717, 1.165) is 28.0 Å². The van der Waals surface area contributed by atoms with Gasteiger partial charge in [0.2, 0.25) is 0 Å². The molecule has 0 aliphatic heterocycles. The summed E-state index contributed by atoms with van der Waals surface area (Å²) in [6.07, 6.45) is 0. The number of imidazole rings is 1. The Bertz CT molecular complexity index is 1290. The van der Waals surface area contributed by atoms with E-state index in [4.69, 9.17) is 14.7 Å². The Morgan fingerprint density at radius 2 is 1.46 bits per heavy atom. The van der Waals surface area contributed by atoms with E-state index in [2.05, 4.69) is 4.98 Å². The van der Waals surface area contributed by atoms with Gasteiger partial charge in [-0.15, -0.1) is 0 Å². The molecule has 0 amide bonds. The Kier molecular flexibility index (Phi) is 3.76. The summed E-state index contributed by atoms with van der Waals surface area (Å²) in [5.41, 5.74) is 4.36. The number of para-hydroxylation sites is 2. The summed E-state index contributed by atoms with van der Waals surface area (Å²) >= 11 is 0. The molecule has 6 heteroatoms. The van der Waals surface area contributed by atoms with Gasteiger partial charge in [0.1, 0.15) is 17.4 Å². The number of hydrogen-bond donors (Lipinski definition) is 0. The lowest BCUT2D eigenvalue weighted by molar-refractivity contribution is 0.415. The van der Waals surface area contributed by atoms with Gasteiger partial charge in [0.15, 0.2) is 11.3 Å². The molecule has 0 saturated heterocycles. The fourth-order valence-corrected chi connectivity index (χ4v) is 3.23. The fourth-order valence-electron chi connectivity index (χ4n) is 3.23. The van der Waals surface area contributed by atoms with Crippen LogP contribution < -0.4 is 4.74 Å². The third-order valence-corrected chi connectivity index (χ3v) is 4.60. The van der Waals surface area contributed by atoms with Crippen LogP contribution in [0.15, 0.2) is 72.8 Å². The highest BCUT2D eigenvalue weighted by atomic mass is 19.1. The van der Waals surface area contributed by atoms with Crippen molar-refractivity contribution < 1.29 is 9.13 Å². The molecule has 0 saturated carbocycles. The molecule has 0 N–H and O–H groups in total. The molecule has 0 aliphatic rings. The molecule has 5 rings (SSSR count). The molecule has 0 atom stereocenters. The number of benzene rings is 3. The minimum Gasteiger partial charge on any atom is -0.497 e. The number of halogens is 1. The first-order valence-corrected chi connectivity index (χ1v) is 8.78. The van der Waals surface area contributed by atoms with E-state index in [1.165, 1.54) is 12.1 Å². The van der Waals surface area contributed by atoms with Gasteiger partial charge in [-0.1, -0.05) is 12.1 Å². The Morgan fingerprint density at radius 1 is 0.786 bits per heavy atom. The van der Waals surface area contributed by atoms with Crippen LogP contribution in [0.1, 0.15) is 0 Å². The number of ether oxygens (including phenoxy) is 1. The van der Waals surface area contributed by atoms with Crippen molar-refractivity contribution in [2.24, 2.45) is 0 Å². The van der Waals surface area contributed by atoms with E-state index in [0.29, 0.717) is 17.1 Å². The SMILES string of the molecule is COc1ccc(-c2nc3nc4ccccc4nc3n2-c2ccc(F)cc2)cc1. The maximum absolute atomic E-state index is 13.5. The van der Waals surface area contributed by atoms with Crippen LogP contribution in [-0.4, -0.2) is 26.6 Å². The van der Waals surface area contributed by atoms with E-state index >= 15 is 0 Å². The summed E-state index contributed by atoms with van der Waals surface area (Å²) in [5, 5.41) is 0. The highest BCUT2D eigenvalue weighted by molar-refractivity contribution is 5.86. The molecule has 5 nitrogen and oxygen atoms in total.